The lowest BCUT2D eigenvalue weighted by Crippen LogP contribution is -2.50. The summed E-state index contributed by atoms with van der Waals surface area (Å²) in [5, 5.41) is 29.8. The van der Waals surface area contributed by atoms with Gasteiger partial charge in [-0.3, -0.25) is 4.79 Å². The Balaban J connectivity index is 2.32. The molecule has 102 valence electrons. The number of fused-ring (bicyclic) bond motifs is 1. The summed E-state index contributed by atoms with van der Waals surface area (Å²) in [6.45, 7) is 2.98. The van der Waals surface area contributed by atoms with Gasteiger partial charge in [0.1, 0.15) is 5.60 Å². The Morgan fingerprint density at radius 2 is 1.89 bits per heavy atom. The van der Waals surface area contributed by atoms with Crippen LogP contribution in [0, 0.1) is 5.41 Å². The minimum Gasteiger partial charge on any atom is -0.392 e. The maximum Gasteiger partial charge on any atom is 0.195 e. The van der Waals surface area contributed by atoms with Crippen molar-refractivity contribution in [3.8, 4) is 0 Å². The number of Topliss-reactive ketones (excluding diaryl/α,β-unsaturated/α-hetero) is 1. The normalized spacial score (nSPS) is 32.1. The van der Waals surface area contributed by atoms with Crippen molar-refractivity contribution in [2.24, 2.45) is 5.41 Å². The second kappa shape index (κ2) is 3.66. The van der Waals surface area contributed by atoms with E-state index < -0.39 is 11.0 Å². The largest absolute Gasteiger partial charge is 0.392 e. The zero-order valence-corrected chi connectivity index (χ0v) is 11.2. The summed E-state index contributed by atoms with van der Waals surface area (Å²) in [6, 6.07) is 0. The third-order valence-electron chi connectivity index (χ3n) is 4.98. The van der Waals surface area contributed by atoms with Gasteiger partial charge in [-0.1, -0.05) is 6.08 Å². The highest BCUT2D eigenvalue weighted by Gasteiger charge is 2.65. The second-order valence-electron chi connectivity index (χ2n) is 5.87. The summed E-state index contributed by atoms with van der Waals surface area (Å²) < 4.78 is 0. The van der Waals surface area contributed by atoms with Crippen molar-refractivity contribution in [2.45, 2.75) is 32.3 Å². The summed E-state index contributed by atoms with van der Waals surface area (Å²) in [5.41, 5.74) is 1.18. The van der Waals surface area contributed by atoms with Gasteiger partial charge in [0.25, 0.3) is 0 Å². The molecule has 3 aliphatic rings. The number of carbonyl (C=O) groups excluding carboxylic acids is 1. The monoisotopic (exact) mass is 262 g/mol. The van der Waals surface area contributed by atoms with Gasteiger partial charge in [0, 0.05) is 11.0 Å². The molecule has 4 heteroatoms. The molecule has 0 aromatic rings. The number of rotatable bonds is 2. The van der Waals surface area contributed by atoms with E-state index in [4.69, 9.17) is 0 Å². The smallest absolute Gasteiger partial charge is 0.195 e. The number of aliphatic hydroxyl groups is 3. The topological polar surface area (TPSA) is 77.8 Å². The van der Waals surface area contributed by atoms with Gasteiger partial charge >= 0.3 is 0 Å². The molecule has 1 saturated carbocycles. The van der Waals surface area contributed by atoms with Crippen LogP contribution in [0.5, 0.6) is 0 Å². The fourth-order valence-corrected chi connectivity index (χ4v) is 3.60. The van der Waals surface area contributed by atoms with Crippen LogP contribution < -0.4 is 0 Å². The molecule has 0 saturated heterocycles. The lowest BCUT2D eigenvalue weighted by Gasteiger charge is -2.39. The minimum atomic E-state index is -1.48. The molecule has 19 heavy (non-hydrogen) atoms. The highest BCUT2D eigenvalue weighted by molar-refractivity contribution is 6.11. The van der Waals surface area contributed by atoms with Crippen LogP contribution in [0.1, 0.15) is 26.7 Å². The van der Waals surface area contributed by atoms with Crippen LogP contribution in [0.3, 0.4) is 0 Å². The third-order valence-corrected chi connectivity index (χ3v) is 4.98. The van der Waals surface area contributed by atoms with E-state index in [9.17, 15) is 20.1 Å². The molecule has 1 fully saturated rings. The van der Waals surface area contributed by atoms with Crippen LogP contribution in [-0.2, 0) is 4.79 Å². The van der Waals surface area contributed by atoms with Crippen LogP contribution in [-0.4, -0.2) is 39.9 Å². The van der Waals surface area contributed by atoms with E-state index in [0.717, 1.165) is 29.6 Å². The maximum absolute atomic E-state index is 12.6. The van der Waals surface area contributed by atoms with Gasteiger partial charge in [-0.25, -0.2) is 0 Å². The Morgan fingerprint density at radius 1 is 1.26 bits per heavy atom. The Kier molecular flexibility index (Phi) is 2.46. The van der Waals surface area contributed by atoms with E-state index in [1.165, 1.54) is 6.92 Å². The number of carbonyl (C=O) groups is 1. The molecule has 0 aromatic heterocycles. The van der Waals surface area contributed by atoms with Crippen molar-refractivity contribution in [3.05, 3.63) is 33.9 Å². The van der Waals surface area contributed by atoms with Gasteiger partial charge < -0.3 is 15.3 Å². The molecule has 3 aliphatic carbocycles. The maximum atomic E-state index is 12.6. The standard InChI is InChI=1S/C15H18O4/c1-8-5-9-11(7-17)15(3-4-15)14(2,19)13(18)12(9)10(8)6-16/h5,16-17,19H,3-4,6-7H2,1-2H3. The predicted molar refractivity (Wildman–Crippen MR) is 69.3 cm³/mol. The van der Waals surface area contributed by atoms with Crippen LogP contribution in [0.2, 0.25) is 0 Å². The fraction of sp³-hybridized carbons (Fsp3) is 0.533. The van der Waals surface area contributed by atoms with E-state index in [-0.39, 0.29) is 19.0 Å². The number of aliphatic hydroxyl groups excluding tert-OH is 2. The molecular weight excluding hydrogens is 244 g/mol. The van der Waals surface area contributed by atoms with E-state index in [1.807, 2.05) is 13.0 Å². The van der Waals surface area contributed by atoms with Gasteiger partial charge in [0.15, 0.2) is 5.78 Å². The molecule has 1 atom stereocenters. The quantitative estimate of drug-likeness (QED) is 0.682. The Labute approximate surface area is 111 Å². The minimum absolute atomic E-state index is 0.162. The molecule has 3 rings (SSSR count). The van der Waals surface area contributed by atoms with Crippen molar-refractivity contribution >= 4 is 5.78 Å². The molecule has 0 aromatic carbocycles. The molecule has 1 spiro atoms. The van der Waals surface area contributed by atoms with Gasteiger partial charge in [-0.15, -0.1) is 0 Å². The first-order valence-corrected chi connectivity index (χ1v) is 6.55. The number of allylic oxidation sites excluding steroid dienone is 2. The number of ketones is 1. The molecule has 0 bridgehead atoms. The molecule has 0 heterocycles. The Bertz CT molecular complexity index is 571. The molecule has 0 aliphatic heterocycles. The molecular formula is C15H18O4. The Morgan fingerprint density at radius 3 is 2.37 bits per heavy atom. The van der Waals surface area contributed by atoms with E-state index in [1.54, 1.807) is 0 Å². The summed E-state index contributed by atoms with van der Waals surface area (Å²) in [7, 11) is 0. The average Bonchev–Trinajstić information content (AvgIpc) is 3.08. The van der Waals surface area contributed by atoms with Crippen molar-refractivity contribution in [2.75, 3.05) is 13.2 Å². The number of hydrogen-bond acceptors (Lipinski definition) is 4. The Hall–Kier alpha value is -1.23. The lowest BCUT2D eigenvalue weighted by atomic mass is 9.67. The molecule has 3 N–H and O–H groups in total. The molecule has 0 radical (unpaired) electrons. The van der Waals surface area contributed by atoms with Gasteiger partial charge in [-0.05, 0) is 49.0 Å². The molecule has 0 amide bonds. The van der Waals surface area contributed by atoms with E-state index >= 15 is 0 Å². The van der Waals surface area contributed by atoms with Gasteiger partial charge in [0.2, 0.25) is 0 Å². The zero-order valence-electron chi connectivity index (χ0n) is 11.2. The highest BCUT2D eigenvalue weighted by atomic mass is 16.3. The first-order valence-electron chi connectivity index (χ1n) is 6.55. The predicted octanol–water partition coefficient (Wildman–Crippen LogP) is 0.638. The van der Waals surface area contributed by atoms with Crippen LogP contribution in [0.15, 0.2) is 33.9 Å². The van der Waals surface area contributed by atoms with Crippen molar-refractivity contribution in [1.29, 1.82) is 0 Å². The summed E-state index contributed by atoms with van der Waals surface area (Å²) in [6.07, 6.45) is 3.29. The first kappa shape index (κ1) is 12.8. The molecule has 4 nitrogen and oxygen atoms in total. The highest BCUT2D eigenvalue weighted by Crippen LogP contribution is 2.64. The van der Waals surface area contributed by atoms with Crippen LogP contribution in [0.4, 0.5) is 0 Å². The van der Waals surface area contributed by atoms with Crippen LogP contribution >= 0.6 is 0 Å². The van der Waals surface area contributed by atoms with Crippen molar-refractivity contribution < 1.29 is 20.1 Å². The third kappa shape index (κ3) is 1.31. The lowest BCUT2D eigenvalue weighted by molar-refractivity contribution is -0.138. The van der Waals surface area contributed by atoms with Crippen LogP contribution in [0.25, 0.3) is 0 Å². The summed E-state index contributed by atoms with van der Waals surface area (Å²) in [4.78, 5) is 12.6. The van der Waals surface area contributed by atoms with E-state index in [0.29, 0.717) is 11.1 Å². The zero-order chi connectivity index (χ0) is 14.0. The van der Waals surface area contributed by atoms with Gasteiger partial charge in [-0.2, -0.15) is 0 Å². The van der Waals surface area contributed by atoms with Crippen molar-refractivity contribution in [3.63, 3.8) is 0 Å². The summed E-state index contributed by atoms with van der Waals surface area (Å²) >= 11 is 0. The van der Waals surface area contributed by atoms with E-state index in [2.05, 4.69) is 0 Å². The van der Waals surface area contributed by atoms with Crippen molar-refractivity contribution in [1.82, 2.24) is 0 Å². The number of hydrogen-bond donors (Lipinski definition) is 3. The van der Waals surface area contributed by atoms with Gasteiger partial charge in [0.05, 0.1) is 13.2 Å². The molecule has 1 unspecified atom stereocenters. The summed E-state index contributed by atoms with van der Waals surface area (Å²) in [5.74, 6) is -0.325. The average molecular weight is 262 g/mol. The fourth-order valence-electron chi connectivity index (χ4n) is 3.60. The second-order valence-corrected chi connectivity index (χ2v) is 5.87. The first-order chi connectivity index (χ1) is 8.90. The SMILES string of the molecule is CC1=CC2=C(CO)C3(CC3)C(C)(O)C(=O)C2=C1CO.